The Morgan fingerprint density at radius 3 is 0.209 bits per heavy atom. The minimum atomic E-state index is 2.21. The first-order valence-electron chi connectivity index (χ1n) is 21.3. The Kier molecular flexibility index (Phi) is 52.4. The lowest BCUT2D eigenvalue weighted by Gasteiger charge is -1.41. The molecule has 1 heteroatoms. The van der Waals surface area contributed by atoms with Crippen LogP contribution >= 0.6 is 12.2 Å². The second kappa shape index (κ2) is 66.6. The fourth-order valence-electron chi connectivity index (χ4n) is 2.57. The van der Waals surface area contributed by atoms with Crippen molar-refractivity contribution in [3.05, 3.63) is 482 Å². The van der Waals surface area contributed by atoms with E-state index < -0.39 is 0 Å². The van der Waals surface area contributed by atoms with Gasteiger partial charge in [0.05, 0.1) is 0 Å². The quantitative estimate of drug-likeness (QED) is 0.172. The van der Waals surface area contributed by atoms with E-state index >= 15 is 0 Å². The molecule has 0 saturated heterocycles. The zero-order valence-electron chi connectivity index (χ0n) is 43.1. The van der Waals surface area contributed by atoms with Gasteiger partial charge in [-0.15, -0.1) is 0 Å². The van der Waals surface area contributed by atoms with Crippen LogP contribution in [-0.4, -0.2) is 5.02 Å². The third kappa shape index (κ3) is 65.6. The molecule has 0 aliphatic carbocycles. The maximum Gasteiger partial charge on any atom is 0.0148 e. The van der Waals surface area contributed by atoms with Crippen molar-refractivity contribution in [3.63, 3.8) is 0 Å². The summed E-state index contributed by atoms with van der Waals surface area (Å²) in [4.78, 5) is 0. The number of rotatable bonds is 0. The van der Waals surface area contributed by atoms with E-state index in [1.807, 2.05) is 0 Å². The van der Waals surface area contributed by atoms with Crippen molar-refractivity contribution >= 4 is 17.2 Å². The second-order valence-electron chi connectivity index (χ2n) is 10.5. The molecule has 0 aliphatic heterocycles. The lowest BCUT2D eigenvalue weighted by atomic mass is 10.6. The third-order valence-electron chi connectivity index (χ3n) is 5.20. The van der Waals surface area contributed by atoms with Crippen LogP contribution in [0.4, 0.5) is 0 Å². The highest BCUT2D eigenvalue weighted by Gasteiger charge is 1.49. The standard InChI is InChI=1S/C85H2S/c1-2-3-4-5-6-7-8-9-10-11-12-13-14-15-16-17-18-19-20-21-22-23-24-25-26-27-28-29-30-31-32-33-34-35-36-37-38-39-40-41-42-43-44-45-46-47-48-49-50-51-52-53-54-55-56-57-58-59-60-61-62-63-64-65-66-67-68-69-70-71-72-73-74-75-76-77-78-79-80-81-82-83-84-85-86/h1H2. The van der Waals surface area contributed by atoms with Crippen LogP contribution in [0.3, 0.4) is 0 Å². The van der Waals surface area contributed by atoms with Gasteiger partial charge in [0, 0.05) is 429 Å². The maximum absolute atomic E-state index is 4.41. The average molecular weight is 1060 g/mol. The maximum atomic E-state index is 4.41. The minimum absolute atomic E-state index is 2.21. The van der Waals surface area contributed by atoms with Gasteiger partial charge in [-0.05, 0) is 64.6 Å². The SMILES string of the molecule is C=C=C=C=C=C=C=C=C=C=C=C=C=C=C=C=C=C=C=C=C=C=C=C=C=C=C=C=C=C=C=C=C=C=C=C=C=C=C=C=C=C=C=C=C=C=C=C=C=C=C=C=C=C=C=C=C=C=C=C=C=C=C=C=C=C=C=C=C=C=C=C=C=C=C=C=C=C=C=C=C=C=C=C=C=S. The van der Waals surface area contributed by atoms with E-state index in [0.29, 0.717) is 0 Å². The average Bonchev–Trinajstić information content (AvgIpc) is 3.52. The van der Waals surface area contributed by atoms with Gasteiger partial charge in [-0.25, -0.2) is 0 Å². The summed E-state index contributed by atoms with van der Waals surface area (Å²) >= 11 is 4.41. The molecule has 348 valence electrons. The topological polar surface area (TPSA) is 0 Å². The number of thiocarbonyl (C=S) groups is 1. The van der Waals surface area contributed by atoms with E-state index in [9.17, 15) is 0 Å². The van der Waals surface area contributed by atoms with E-state index in [1.54, 1.807) is 0 Å². The molecule has 0 fully saturated rings. The minimum Gasteiger partial charge on any atom is -0.0687 e. The highest BCUT2D eigenvalue weighted by molar-refractivity contribution is 7.78. The predicted molar refractivity (Wildman–Crippen MR) is 310 cm³/mol. The zero-order chi connectivity index (χ0) is 61.4. The smallest absolute Gasteiger partial charge is 0.0148 e. The molecule has 86 heavy (non-hydrogen) atoms. The molecule has 0 radical (unpaired) electrons. The summed E-state index contributed by atoms with van der Waals surface area (Å²) in [6.07, 6.45) is 0. The van der Waals surface area contributed by atoms with Gasteiger partial charge in [-0.2, -0.15) is 0 Å². The van der Waals surface area contributed by atoms with E-state index in [-0.39, 0.29) is 0 Å². The monoisotopic (exact) mass is 1050 g/mol. The molecule has 0 N–H and O–H groups in total. The molecule has 0 rings (SSSR count). The Morgan fingerprint density at radius 1 is 0.0930 bits per heavy atom. The lowest BCUT2D eigenvalue weighted by molar-refractivity contribution is 2.10. The molecule has 0 aromatic rings. The molecule has 0 atom stereocenters. The van der Waals surface area contributed by atoms with Crippen molar-refractivity contribution in [3.8, 4) is 0 Å². The van der Waals surface area contributed by atoms with Gasteiger partial charge < -0.3 is 0 Å². The largest absolute Gasteiger partial charge is 0.0687 e. The fraction of sp³-hybridized carbons (Fsp3) is 0. The molecular weight excluding hydrogens is 1050 g/mol. The van der Waals surface area contributed by atoms with Crippen LogP contribution in [0.15, 0.2) is 482 Å². The Bertz CT molecular complexity index is 6260. The summed E-state index contributed by atoms with van der Waals surface area (Å²) in [7, 11) is 0. The summed E-state index contributed by atoms with van der Waals surface area (Å²) in [5.74, 6) is 0. The van der Waals surface area contributed by atoms with E-state index in [1.165, 1.54) is 0 Å². The Balaban J connectivity index is 6.16. The first-order chi connectivity index (χ1) is 42.9. The highest BCUT2D eigenvalue weighted by Crippen LogP contribution is 1.65. The molecule has 0 heterocycles. The summed E-state index contributed by atoms with van der Waals surface area (Å²) in [5, 5.41) is 2.21. The lowest BCUT2D eigenvalue weighted by Crippen LogP contribution is -1.26. The number of hydrogen-bond donors (Lipinski definition) is 0. The molecular formula is C85H2S. The zero-order valence-corrected chi connectivity index (χ0v) is 43.9. The normalized spacial score (nSPS) is 3.95. The molecule has 0 amide bonds. The molecule has 0 unspecified atom stereocenters. The molecule has 0 aromatic heterocycles. The van der Waals surface area contributed by atoms with Gasteiger partial charge in [0.25, 0.3) is 0 Å². The van der Waals surface area contributed by atoms with E-state index in [2.05, 4.69) is 500 Å². The number of hydrogen-bond acceptors (Lipinski definition) is 1. The van der Waals surface area contributed by atoms with Crippen molar-refractivity contribution in [2.75, 3.05) is 0 Å². The van der Waals surface area contributed by atoms with Crippen molar-refractivity contribution in [2.24, 2.45) is 0 Å². The summed E-state index contributed by atoms with van der Waals surface area (Å²) in [5.41, 5.74) is 207. The first-order valence-corrected chi connectivity index (χ1v) is 21.7. The molecule has 0 nitrogen and oxygen atoms in total. The highest BCUT2D eigenvalue weighted by atomic mass is 32.1. The third-order valence-corrected chi connectivity index (χ3v) is 5.30. The molecule has 0 bridgehead atoms. The van der Waals surface area contributed by atoms with Crippen molar-refractivity contribution in [1.29, 1.82) is 0 Å². The van der Waals surface area contributed by atoms with Gasteiger partial charge >= 0.3 is 0 Å². The summed E-state index contributed by atoms with van der Waals surface area (Å²) < 4.78 is 0. The fourth-order valence-corrected chi connectivity index (χ4v) is 2.62. The van der Waals surface area contributed by atoms with Crippen LogP contribution in [0.1, 0.15) is 0 Å². The second-order valence-corrected chi connectivity index (χ2v) is 10.7. The molecule has 0 aromatic carbocycles. The van der Waals surface area contributed by atoms with Crippen molar-refractivity contribution < 1.29 is 0 Å². The van der Waals surface area contributed by atoms with Crippen molar-refractivity contribution in [1.82, 2.24) is 0 Å². The molecule has 0 saturated carbocycles. The van der Waals surface area contributed by atoms with Gasteiger partial charge in [0.1, 0.15) is 0 Å². The van der Waals surface area contributed by atoms with Crippen LogP contribution in [0, 0.1) is 0 Å². The van der Waals surface area contributed by atoms with E-state index in [0.717, 1.165) is 0 Å². The Morgan fingerprint density at radius 2 is 0.151 bits per heavy atom. The molecule has 0 spiro atoms. The van der Waals surface area contributed by atoms with Gasteiger partial charge in [-0.1, -0.05) is 5.73 Å². The van der Waals surface area contributed by atoms with Gasteiger partial charge in [0.2, 0.25) is 0 Å². The Labute approximate surface area is 496 Å². The molecule has 0 aliphatic rings. The van der Waals surface area contributed by atoms with Crippen LogP contribution in [-0.2, 0) is 0 Å². The predicted octanol–water partition coefficient (Wildman–Crippen LogP) is 13.6. The van der Waals surface area contributed by atoms with Crippen molar-refractivity contribution in [2.45, 2.75) is 0 Å². The van der Waals surface area contributed by atoms with Crippen LogP contribution in [0.25, 0.3) is 0 Å². The van der Waals surface area contributed by atoms with Gasteiger partial charge in [0.15, 0.2) is 0 Å². The van der Waals surface area contributed by atoms with E-state index in [4.69, 9.17) is 0 Å². The first kappa shape index (κ1) is 67.6. The van der Waals surface area contributed by atoms with Crippen LogP contribution < -0.4 is 0 Å². The van der Waals surface area contributed by atoms with Crippen LogP contribution in [0.2, 0.25) is 0 Å². The Hall–Kier alpha value is -18.4. The van der Waals surface area contributed by atoms with Gasteiger partial charge in [-0.3, -0.25) is 0 Å². The summed E-state index contributed by atoms with van der Waals surface area (Å²) in [6, 6.07) is 0. The summed E-state index contributed by atoms with van der Waals surface area (Å²) in [6.45, 7) is 3.32. The van der Waals surface area contributed by atoms with Crippen LogP contribution in [0.5, 0.6) is 0 Å².